The number of aromatic nitrogens is 3. The molecule has 0 saturated heterocycles. The van der Waals surface area contributed by atoms with E-state index in [2.05, 4.69) is 9.97 Å². The Hall–Kier alpha value is -3.61. The highest BCUT2D eigenvalue weighted by Gasteiger charge is 2.18. The number of aliphatic hydroxyl groups is 1. The van der Waals surface area contributed by atoms with Crippen LogP contribution in [0, 0.1) is 6.92 Å². The van der Waals surface area contributed by atoms with Crippen LogP contribution in [0.25, 0.3) is 44.5 Å². The predicted molar refractivity (Wildman–Crippen MR) is 120 cm³/mol. The first kappa shape index (κ1) is 19.4. The molecule has 5 aromatic rings. The van der Waals surface area contributed by atoms with Gasteiger partial charge < -0.3 is 9.52 Å². The van der Waals surface area contributed by atoms with Gasteiger partial charge in [-0.2, -0.15) is 0 Å². The standard InChI is InChI=1S/C24H16ClN3O3/c1-13-22-17(15(12-29)11-26-13)10-19(24(30)31-22)23-27-20-8-7-16(25)9-18(20)21(28-23)14-5-3-2-4-6-14/h2-11,29H,12H2,1H3. The number of nitrogens with zero attached hydrogens (tertiary/aromatic N) is 3. The Bertz CT molecular complexity index is 1510. The summed E-state index contributed by atoms with van der Waals surface area (Å²) < 4.78 is 5.57. The third-order valence-electron chi connectivity index (χ3n) is 5.15. The zero-order valence-electron chi connectivity index (χ0n) is 16.5. The monoisotopic (exact) mass is 429 g/mol. The van der Waals surface area contributed by atoms with Crippen LogP contribution in [0.2, 0.25) is 5.02 Å². The van der Waals surface area contributed by atoms with Gasteiger partial charge in [0.25, 0.3) is 0 Å². The Morgan fingerprint density at radius 3 is 2.61 bits per heavy atom. The van der Waals surface area contributed by atoms with E-state index in [0.29, 0.717) is 38.5 Å². The van der Waals surface area contributed by atoms with Gasteiger partial charge in [-0.3, -0.25) is 4.98 Å². The fraction of sp³-hybridized carbons (Fsp3) is 0.0833. The fourth-order valence-corrected chi connectivity index (χ4v) is 3.77. The number of aryl methyl sites for hydroxylation is 1. The van der Waals surface area contributed by atoms with Crippen LogP contribution in [0.5, 0.6) is 0 Å². The van der Waals surface area contributed by atoms with Crippen LogP contribution < -0.4 is 5.63 Å². The van der Waals surface area contributed by atoms with E-state index in [-0.39, 0.29) is 18.0 Å². The molecule has 0 radical (unpaired) electrons. The zero-order valence-corrected chi connectivity index (χ0v) is 17.2. The van der Waals surface area contributed by atoms with Crippen molar-refractivity contribution >= 4 is 33.5 Å². The molecule has 0 unspecified atom stereocenters. The van der Waals surface area contributed by atoms with Crippen LogP contribution in [0.3, 0.4) is 0 Å². The van der Waals surface area contributed by atoms with Gasteiger partial charge in [0.1, 0.15) is 5.56 Å². The summed E-state index contributed by atoms with van der Waals surface area (Å²) in [6.07, 6.45) is 1.57. The molecule has 7 heteroatoms. The van der Waals surface area contributed by atoms with Gasteiger partial charge in [-0.1, -0.05) is 41.9 Å². The van der Waals surface area contributed by atoms with Gasteiger partial charge in [0.15, 0.2) is 11.4 Å². The molecule has 0 saturated carbocycles. The SMILES string of the molecule is Cc1ncc(CO)c2cc(-c3nc(-c4ccccc4)c4cc(Cl)ccc4n3)c(=O)oc12. The van der Waals surface area contributed by atoms with Gasteiger partial charge in [0.05, 0.1) is 23.5 Å². The van der Waals surface area contributed by atoms with Crippen LogP contribution in [0.4, 0.5) is 0 Å². The van der Waals surface area contributed by atoms with Gasteiger partial charge in [-0.15, -0.1) is 0 Å². The zero-order chi connectivity index (χ0) is 21.5. The summed E-state index contributed by atoms with van der Waals surface area (Å²) in [5, 5.41) is 11.7. The van der Waals surface area contributed by atoms with Gasteiger partial charge in [-0.05, 0) is 31.2 Å². The predicted octanol–water partition coefficient (Wildman–Crippen LogP) is 4.92. The molecule has 1 N–H and O–H groups in total. The summed E-state index contributed by atoms with van der Waals surface area (Å²) in [7, 11) is 0. The highest BCUT2D eigenvalue weighted by molar-refractivity contribution is 6.31. The Morgan fingerprint density at radius 2 is 1.84 bits per heavy atom. The van der Waals surface area contributed by atoms with E-state index in [1.54, 1.807) is 31.3 Å². The number of rotatable bonds is 3. The maximum absolute atomic E-state index is 12.9. The van der Waals surface area contributed by atoms with Crippen molar-refractivity contribution in [3.05, 3.63) is 87.5 Å². The lowest BCUT2D eigenvalue weighted by atomic mass is 10.1. The molecule has 3 heterocycles. The van der Waals surface area contributed by atoms with Crippen molar-refractivity contribution < 1.29 is 9.52 Å². The molecule has 0 atom stereocenters. The van der Waals surface area contributed by atoms with Crippen LogP contribution >= 0.6 is 11.6 Å². The van der Waals surface area contributed by atoms with Crippen molar-refractivity contribution in [1.82, 2.24) is 15.0 Å². The summed E-state index contributed by atoms with van der Waals surface area (Å²) in [5.41, 5.74) is 3.30. The van der Waals surface area contributed by atoms with E-state index in [1.165, 1.54) is 0 Å². The number of hydrogen-bond donors (Lipinski definition) is 1. The summed E-state index contributed by atoms with van der Waals surface area (Å²) in [6.45, 7) is 1.51. The maximum atomic E-state index is 12.9. The highest BCUT2D eigenvalue weighted by atomic mass is 35.5. The van der Waals surface area contributed by atoms with E-state index >= 15 is 0 Å². The fourth-order valence-electron chi connectivity index (χ4n) is 3.60. The molecule has 3 aromatic heterocycles. The van der Waals surface area contributed by atoms with Gasteiger partial charge >= 0.3 is 5.63 Å². The van der Waals surface area contributed by atoms with Crippen LogP contribution in [-0.2, 0) is 6.61 Å². The second kappa shape index (κ2) is 7.58. The van der Waals surface area contributed by atoms with Crippen molar-refractivity contribution in [2.75, 3.05) is 0 Å². The van der Waals surface area contributed by atoms with Gasteiger partial charge in [0.2, 0.25) is 0 Å². The topological polar surface area (TPSA) is 89.1 Å². The first-order valence-corrected chi connectivity index (χ1v) is 9.99. The second-order valence-electron chi connectivity index (χ2n) is 7.14. The lowest BCUT2D eigenvalue weighted by Crippen LogP contribution is -2.08. The summed E-state index contributed by atoms with van der Waals surface area (Å²) in [4.78, 5) is 26.4. The Balaban J connectivity index is 1.84. The average molecular weight is 430 g/mol. The minimum absolute atomic E-state index is 0.210. The van der Waals surface area contributed by atoms with Gasteiger partial charge in [-0.25, -0.2) is 14.8 Å². The largest absolute Gasteiger partial charge is 0.420 e. The average Bonchev–Trinajstić information content (AvgIpc) is 2.79. The first-order valence-electron chi connectivity index (χ1n) is 9.61. The van der Waals surface area contributed by atoms with Crippen LogP contribution in [0.1, 0.15) is 11.3 Å². The Morgan fingerprint density at radius 1 is 1.03 bits per heavy atom. The first-order chi connectivity index (χ1) is 15.0. The van der Waals surface area contributed by atoms with Crippen molar-refractivity contribution in [2.24, 2.45) is 0 Å². The smallest absolute Gasteiger partial charge is 0.347 e. The maximum Gasteiger partial charge on any atom is 0.347 e. The Labute approximate surface area is 181 Å². The molecule has 0 aliphatic carbocycles. The summed E-state index contributed by atoms with van der Waals surface area (Å²) in [5.74, 6) is 0.239. The van der Waals surface area contributed by atoms with Crippen molar-refractivity contribution in [1.29, 1.82) is 0 Å². The van der Waals surface area contributed by atoms with E-state index in [0.717, 1.165) is 10.9 Å². The van der Waals surface area contributed by atoms with E-state index in [9.17, 15) is 9.90 Å². The molecule has 0 aliphatic rings. The molecule has 6 nitrogen and oxygen atoms in total. The number of fused-ring (bicyclic) bond motifs is 2. The second-order valence-corrected chi connectivity index (χ2v) is 7.58. The van der Waals surface area contributed by atoms with Gasteiger partial charge in [0, 0.05) is 33.1 Å². The van der Waals surface area contributed by atoms with Crippen molar-refractivity contribution in [2.45, 2.75) is 13.5 Å². The number of pyridine rings is 1. The number of aliphatic hydroxyl groups excluding tert-OH is 1. The summed E-state index contributed by atoms with van der Waals surface area (Å²) in [6, 6.07) is 16.6. The van der Waals surface area contributed by atoms with E-state index in [1.807, 2.05) is 36.4 Å². The molecule has 0 amide bonds. The van der Waals surface area contributed by atoms with Crippen molar-refractivity contribution in [3.8, 4) is 22.6 Å². The molecule has 152 valence electrons. The Kier molecular flexibility index (Phi) is 4.73. The number of hydrogen-bond acceptors (Lipinski definition) is 6. The van der Waals surface area contributed by atoms with E-state index < -0.39 is 5.63 Å². The lowest BCUT2D eigenvalue weighted by Gasteiger charge is -2.10. The molecule has 0 bridgehead atoms. The summed E-state index contributed by atoms with van der Waals surface area (Å²) >= 11 is 6.22. The minimum atomic E-state index is -0.570. The molecule has 5 rings (SSSR count). The van der Waals surface area contributed by atoms with Crippen molar-refractivity contribution in [3.63, 3.8) is 0 Å². The third kappa shape index (κ3) is 3.36. The lowest BCUT2D eigenvalue weighted by molar-refractivity contribution is 0.282. The van der Waals surface area contributed by atoms with Crippen LogP contribution in [0.15, 0.2) is 70.0 Å². The molecule has 0 fully saturated rings. The van der Waals surface area contributed by atoms with E-state index in [4.69, 9.17) is 21.0 Å². The third-order valence-corrected chi connectivity index (χ3v) is 5.39. The quantitative estimate of drug-likeness (QED) is 0.438. The molecule has 0 spiro atoms. The van der Waals surface area contributed by atoms with Crippen LogP contribution in [-0.4, -0.2) is 20.1 Å². The minimum Gasteiger partial charge on any atom is -0.420 e. The number of halogens is 1. The molecular weight excluding hydrogens is 414 g/mol. The highest BCUT2D eigenvalue weighted by Crippen LogP contribution is 2.31. The number of benzene rings is 2. The molecular formula is C24H16ClN3O3. The molecule has 0 aliphatic heterocycles. The molecule has 31 heavy (non-hydrogen) atoms. The molecule has 2 aromatic carbocycles. The normalized spacial score (nSPS) is 11.3.